The number of fused-ring (bicyclic) bond motifs is 1. The first-order chi connectivity index (χ1) is 13.3. The normalized spacial score (nSPS) is 16.9. The maximum atomic E-state index is 13.0. The molecule has 0 unspecified atom stereocenters. The smallest absolute Gasteiger partial charge is 0.243 e. The number of nitrogens with zero attached hydrogens (tertiary/aromatic N) is 3. The van der Waals surface area contributed by atoms with Gasteiger partial charge in [-0.05, 0) is 42.8 Å². The van der Waals surface area contributed by atoms with Gasteiger partial charge in [-0.25, -0.2) is 8.42 Å². The van der Waals surface area contributed by atoms with Gasteiger partial charge < -0.3 is 4.90 Å². The molecule has 1 heterocycles. The second-order valence-electron chi connectivity index (χ2n) is 6.63. The molecule has 3 rings (SSSR count). The lowest BCUT2D eigenvalue weighted by Crippen LogP contribution is -2.41. The fourth-order valence-corrected chi connectivity index (χ4v) is 5.22. The Kier molecular flexibility index (Phi) is 6.08. The van der Waals surface area contributed by atoms with E-state index in [9.17, 15) is 13.2 Å². The maximum absolute atomic E-state index is 13.0. The van der Waals surface area contributed by atoms with E-state index in [0.717, 1.165) is 21.3 Å². The first-order valence-electron chi connectivity index (χ1n) is 8.85. The van der Waals surface area contributed by atoms with Crippen LogP contribution in [0.3, 0.4) is 0 Å². The molecular weight excluding hydrogens is 394 g/mol. The lowest BCUT2D eigenvalue weighted by atomic mass is 10.2. The summed E-state index contributed by atoms with van der Waals surface area (Å²) in [7, 11) is -2.43. The van der Waals surface area contributed by atoms with Crippen molar-refractivity contribution in [3.63, 3.8) is 0 Å². The summed E-state index contributed by atoms with van der Waals surface area (Å²) >= 11 is 1.73. The first-order valence-corrected chi connectivity index (χ1v) is 11.2. The van der Waals surface area contributed by atoms with Crippen molar-refractivity contribution in [2.24, 2.45) is 0 Å². The van der Waals surface area contributed by atoms with E-state index in [1.165, 1.54) is 31.3 Å². The number of hydrogen-bond acceptors (Lipinski definition) is 5. The van der Waals surface area contributed by atoms with Crippen molar-refractivity contribution in [2.75, 3.05) is 25.0 Å². The molecule has 2 aromatic carbocycles. The second-order valence-corrected chi connectivity index (χ2v) is 10.2. The maximum Gasteiger partial charge on any atom is 0.243 e. The molecule has 8 heteroatoms. The van der Waals surface area contributed by atoms with E-state index in [4.69, 9.17) is 5.26 Å². The molecule has 0 aromatic heterocycles. The number of rotatable bonds is 4. The van der Waals surface area contributed by atoms with Gasteiger partial charge in [0.15, 0.2) is 0 Å². The minimum absolute atomic E-state index is 0.0576. The molecule has 0 bridgehead atoms. The van der Waals surface area contributed by atoms with Crippen LogP contribution in [0.15, 0.2) is 58.3 Å². The Labute approximate surface area is 169 Å². The molecule has 1 amide bonds. The standard InChI is InChI=1S/C20H21N3O3S2/c1-15-11-12-23(18-5-3-4-6-19(18)27-15)20(24)14-22(2)28(25,26)17-9-7-16(13-21)8-10-17/h3-10,15H,11-12,14H2,1-2H3/t15-/m1/s1. The van der Waals surface area contributed by atoms with Gasteiger partial charge >= 0.3 is 0 Å². The Morgan fingerprint density at radius 3 is 2.61 bits per heavy atom. The van der Waals surface area contributed by atoms with Crippen LogP contribution in [0, 0.1) is 11.3 Å². The number of sulfonamides is 1. The predicted molar refractivity (Wildman–Crippen MR) is 110 cm³/mol. The molecule has 0 fully saturated rings. The third kappa shape index (κ3) is 4.22. The van der Waals surface area contributed by atoms with Crippen LogP contribution in [0.2, 0.25) is 0 Å². The summed E-state index contributed by atoms with van der Waals surface area (Å²) in [5.41, 5.74) is 1.21. The van der Waals surface area contributed by atoms with E-state index in [2.05, 4.69) is 6.92 Å². The Morgan fingerprint density at radius 1 is 1.25 bits per heavy atom. The molecule has 2 aromatic rings. The second kappa shape index (κ2) is 8.35. The largest absolute Gasteiger partial charge is 0.310 e. The topological polar surface area (TPSA) is 81.5 Å². The minimum atomic E-state index is -3.82. The highest BCUT2D eigenvalue weighted by atomic mass is 32.2. The Bertz CT molecular complexity index is 1010. The van der Waals surface area contributed by atoms with Crippen LogP contribution in [0.25, 0.3) is 0 Å². The average Bonchev–Trinajstić information content (AvgIpc) is 2.86. The highest BCUT2D eigenvalue weighted by Crippen LogP contribution is 2.37. The molecule has 0 radical (unpaired) electrons. The lowest BCUT2D eigenvalue weighted by molar-refractivity contribution is -0.118. The molecule has 0 spiro atoms. The molecule has 28 heavy (non-hydrogen) atoms. The molecule has 0 aliphatic carbocycles. The van der Waals surface area contributed by atoms with Crippen LogP contribution in [0.4, 0.5) is 5.69 Å². The third-order valence-corrected chi connectivity index (χ3v) is 7.65. The highest BCUT2D eigenvalue weighted by molar-refractivity contribution is 8.00. The predicted octanol–water partition coefficient (Wildman–Crippen LogP) is 3.10. The fourth-order valence-electron chi connectivity index (χ4n) is 2.99. The first kappa shape index (κ1) is 20.4. The van der Waals surface area contributed by atoms with Crippen molar-refractivity contribution in [3.8, 4) is 6.07 Å². The van der Waals surface area contributed by atoms with Crippen LogP contribution in [0.5, 0.6) is 0 Å². The number of nitriles is 1. The summed E-state index contributed by atoms with van der Waals surface area (Å²) in [5.74, 6) is -0.262. The number of benzene rings is 2. The zero-order valence-electron chi connectivity index (χ0n) is 15.7. The number of amides is 1. The summed E-state index contributed by atoms with van der Waals surface area (Å²) in [6.07, 6.45) is 0.831. The van der Waals surface area contributed by atoms with Gasteiger partial charge in [-0.1, -0.05) is 19.1 Å². The zero-order chi connectivity index (χ0) is 20.3. The molecule has 6 nitrogen and oxygen atoms in total. The van der Waals surface area contributed by atoms with E-state index >= 15 is 0 Å². The van der Waals surface area contributed by atoms with Crippen molar-refractivity contribution < 1.29 is 13.2 Å². The van der Waals surface area contributed by atoms with Gasteiger partial charge in [0.1, 0.15) is 0 Å². The summed E-state index contributed by atoms with van der Waals surface area (Å²) in [6, 6.07) is 15.3. The van der Waals surface area contributed by atoms with Gasteiger partial charge in [0.05, 0.1) is 28.8 Å². The number of hydrogen-bond donors (Lipinski definition) is 0. The number of carbonyl (C=O) groups excluding carboxylic acids is 1. The lowest BCUT2D eigenvalue weighted by Gasteiger charge is -2.25. The summed E-state index contributed by atoms with van der Waals surface area (Å²) in [6.45, 7) is 2.42. The van der Waals surface area contributed by atoms with Gasteiger partial charge in [0.2, 0.25) is 15.9 Å². The molecule has 0 saturated heterocycles. The van der Waals surface area contributed by atoms with E-state index in [-0.39, 0.29) is 17.3 Å². The highest BCUT2D eigenvalue weighted by Gasteiger charge is 2.28. The summed E-state index contributed by atoms with van der Waals surface area (Å²) in [5, 5.41) is 9.24. The van der Waals surface area contributed by atoms with Crippen molar-refractivity contribution in [1.82, 2.24) is 4.31 Å². The van der Waals surface area contributed by atoms with Gasteiger partial charge in [-0.15, -0.1) is 11.8 Å². The number of carbonyl (C=O) groups is 1. The number of anilines is 1. The van der Waals surface area contributed by atoms with E-state index in [0.29, 0.717) is 17.4 Å². The zero-order valence-corrected chi connectivity index (χ0v) is 17.3. The SMILES string of the molecule is C[C@@H]1CCN(C(=O)CN(C)S(=O)(=O)c2ccc(C#N)cc2)c2ccccc2S1. The van der Waals surface area contributed by atoms with Crippen LogP contribution >= 0.6 is 11.8 Å². The van der Waals surface area contributed by atoms with Gasteiger partial charge in [-0.2, -0.15) is 9.57 Å². The Balaban J connectivity index is 1.81. The monoisotopic (exact) mass is 415 g/mol. The van der Waals surface area contributed by atoms with Crippen molar-refractivity contribution in [2.45, 2.75) is 28.4 Å². The van der Waals surface area contributed by atoms with E-state index in [1.54, 1.807) is 16.7 Å². The molecule has 146 valence electrons. The molecular formula is C20H21N3O3S2. The van der Waals surface area contributed by atoms with Crippen molar-refractivity contribution in [1.29, 1.82) is 5.26 Å². The molecule has 1 aliphatic heterocycles. The van der Waals surface area contributed by atoms with Crippen LogP contribution < -0.4 is 4.90 Å². The van der Waals surface area contributed by atoms with E-state index < -0.39 is 10.0 Å². The van der Waals surface area contributed by atoms with Crippen molar-refractivity contribution >= 4 is 33.4 Å². The van der Waals surface area contributed by atoms with Gasteiger partial charge in [-0.3, -0.25) is 4.79 Å². The summed E-state index contributed by atoms with van der Waals surface area (Å²) in [4.78, 5) is 15.7. The molecule has 1 aliphatic rings. The molecule has 0 saturated carbocycles. The Morgan fingerprint density at radius 2 is 1.93 bits per heavy atom. The van der Waals surface area contributed by atoms with Crippen LogP contribution in [-0.4, -0.2) is 44.0 Å². The number of thioether (sulfide) groups is 1. The van der Waals surface area contributed by atoms with Crippen molar-refractivity contribution in [3.05, 3.63) is 54.1 Å². The van der Waals surface area contributed by atoms with Crippen LogP contribution in [0.1, 0.15) is 18.9 Å². The average molecular weight is 416 g/mol. The molecule has 1 atom stereocenters. The van der Waals surface area contributed by atoms with Gasteiger partial charge in [0, 0.05) is 23.7 Å². The Hall–Kier alpha value is -2.34. The fraction of sp³-hybridized carbons (Fsp3) is 0.300. The quantitative estimate of drug-likeness (QED) is 0.766. The summed E-state index contributed by atoms with van der Waals surface area (Å²) < 4.78 is 26.6. The minimum Gasteiger partial charge on any atom is -0.310 e. The molecule has 0 N–H and O–H groups in total. The third-order valence-electron chi connectivity index (χ3n) is 4.59. The number of para-hydroxylation sites is 1. The van der Waals surface area contributed by atoms with Crippen LogP contribution in [-0.2, 0) is 14.8 Å². The van der Waals surface area contributed by atoms with Gasteiger partial charge in [0.25, 0.3) is 0 Å². The van der Waals surface area contributed by atoms with E-state index in [1.807, 2.05) is 30.3 Å². The number of likely N-dealkylation sites (N-methyl/N-ethyl adjacent to an activating group) is 1.